The second kappa shape index (κ2) is 6.80. The molecule has 1 aromatic carbocycles. The van der Waals surface area contributed by atoms with Gasteiger partial charge in [0.05, 0.1) is 0 Å². The van der Waals surface area contributed by atoms with Crippen LogP contribution in [-0.4, -0.2) is 32.4 Å². The Hall–Kier alpha value is -1.22. The van der Waals surface area contributed by atoms with E-state index in [2.05, 4.69) is 19.2 Å². The zero-order valence-corrected chi connectivity index (χ0v) is 12.9. The van der Waals surface area contributed by atoms with E-state index in [1.807, 2.05) is 43.3 Å². The normalized spacial score (nSPS) is 11.2. The summed E-state index contributed by atoms with van der Waals surface area (Å²) in [7, 11) is 3.92. The molecule has 0 bridgehead atoms. The van der Waals surface area contributed by atoms with Crippen LogP contribution in [-0.2, 0) is 0 Å². The number of benzene rings is 1. The van der Waals surface area contributed by atoms with E-state index in [9.17, 15) is 4.79 Å². The number of halogens is 1. The predicted octanol–water partition coefficient (Wildman–Crippen LogP) is 3.14. The molecule has 1 N–H and O–H groups in total. The Kier molecular flexibility index (Phi) is 5.67. The molecule has 1 aromatic rings. The average molecular weight is 283 g/mol. The van der Waals surface area contributed by atoms with Gasteiger partial charge in [0.2, 0.25) is 0 Å². The minimum Gasteiger partial charge on any atom is -0.378 e. The number of hydrogen-bond donors (Lipinski definition) is 1. The number of alkyl halides is 1. The zero-order valence-electron chi connectivity index (χ0n) is 12.2. The van der Waals surface area contributed by atoms with Crippen molar-refractivity contribution in [3.05, 3.63) is 29.8 Å². The molecule has 4 heteroatoms. The van der Waals surface area contributed by atoms with Crippen LogP contribution in [0.25, 0.3) is 0 Å². The van der Waals surface area contributed by atoms with Crippen LogP contribution in [0.5, 0.6) is 0 Å². The fourth-order valence-corrected chi connectivity index (χ4v) is 2.20. The molecular formula is C15H23ClN2O. The zero-order chi connectivity index (χ0) is 14.5. The fraction of sp³-hybridized carbons (Fsp3) is 0.533. The van der Waals surface area contributed by atoms with Gasteiger partial charge in [-0.2, -0.15) is 0 Å². The molecule has 0 saturated heterocycles. The van der Waals surface area contributed by atoms with Crippen molar-refractivity contribution in [2.75, 3.05) is 31.4 Å². The summed E-state index contributed by atoms with van der Waals surface area (Å²) in [5.41, 5.74) is 1.73. The van der Waals surface area contributed by atoms with Crippen LogP contribution in [0.15, 0.2) is 24.3 Å². The van der Waals surface area contributed by atoms with E-state index in [0.717, 1.165) is 12.1 Å². The van der Waals surface area contributed by atoms with Crippen molar-refractivity contribution in [1.82, 2.24) is 5.32 Å². The second-order valence-corrected chi connectivity index (χ2v) is 6.11. The highest BCUT2D eigenvalue weighted by Crippen LogP contribution is 2.20. The molecule has 0 aliphatic carbocycles. The van der Waals surface area contributed by atoms with E-state index in [1.165, 1.54) is 0 Å². The monoisotopic (exact) mass is 282 g/mol. The van der Waals surface area contributed by atoms with Gasteiger partial charge in [-0.15, -0.1) is 11.6 Å². The number of hydrogen-bond acceptors (Lipinski definition) is 2. The van der Waals surface area contributed by atoms with Gasteiger partial charge in [0.15, 0.2) is 0 Å². The maximum Gasteiger partial charge on any atom is 0.251 e. The molecular weight excluding hydrogens is 260 g/mol. The lowest BCUT2D eigenvalue weighted by Gasteiger charge is -2.24. The molecule has 0 unspecified atom stereocenters. The third-order valence-electron chi connectivity index (χ3n) is 3.12. The maximum absolute atomic E-state index is 12.1. The average Bonchev–Trinajstić information content (AvgIpc) is 2.36. The highest BCUT2D eigenvalue weighted by molar-refractivity contribution is 6.17. The lowest BCUT2D eigenvalue weighted by atomic mass is 9.90. The van der Waals surface area contributed by atoms with Crippen molar-refractivity contribution in [1.29, 1.82) is 0 Å². The van der Waals surface area contributed by atoms with E-state index < -0.39 is 0 Å². The molecule has 0 aliphatic rings. The Morgan fingerprint density at radius 3 is 2.63 bits per heavy atom. The summed E-state index contributed by atoms with van der Waals surface area (Å²) >= 11 is 5.76. The van der Waals surface area contributed by atoms with Crippen LogP contribution in [0.2, 0.25) is 0 Å². The van der Waals surface area contributed by atoms with Gasteiger partial charge >= 0.3 is 0 Å². The summed E-state index contributed by atoms with van der Waals surface area (Å²) in [4.78, 5) is 14.1. The summed E-state index contributed by atoms with van der Waals surface area (Å²) in [5.74, 6) is 0.574. The second-order valence-electron chi connectivity index (χ2n) is 5.73. The number of anilines is 1. The smallest absolute Gasteiger partial charge is 0.251 e. The van der Waals surface area contributed by atoms with Crippen LogP contribution >= 0.6 is 11.6 Å². The first-order chi connectivity index (χ1) is 8.85. The molecule has 19 heavy (non-hydrogen) atoms. The van der Waals surface area contributed by atoms with Gasteiger partial charge in [-0.25, -0.2) is 0 Å². The van der Waals surface area contributed by atoms with Crippen molar-refractivity contribution >= 4 is 23.2 Å². The SMILES string of the molecule is CN(C)c1cccc(C(=O)NCC(C)(C)CCCl)c1. The first-order valence-corrected chi connectivity index (χ1v) is 7.01. The molecule has 0 atom stereocenters. The van der Waals surface area contributed by atoms with E-state index in [-0.39, 0.29) is 11.3 Å². The molecule has 1 amide bonds. The van der Waals surface area contributed by atoms with Crippen molar-refractivity contribution in [2.45, 2.75) is 20.3 Å². The molecule has 106 valence electrons. The van der Waals surface area contributed by atoms with E-state index >= 15 is 0 Å². The molecule has 0 spiro atoms. The molecule has 3 nitrogen and oxygen atoms in total. The van der Waals surface area contributed by atoms with Crippen LogP contribution in [0, 0.1) is 5.41 Å². The lowest BCUT2D eigenvalue weighted by Crippen LogP contribution is -2.34. The number of nitrogens with one attached hydrogen (secondary N) is 1. The largest absolute Gasteiger partial charge is 0.378 e. The topological polar surface area (TPSA) is 32.3 Å². The van der Waals surface area contributed by atoms with E-state index in [0.29, 0.717) is 18.0 Å². The third-order valence-corrected chi connectivity index (χ3v) is 3.31. The quantitative estimate of drug-likeness (QED) is 0.813. The maximum atomic E-state index is 12.1. The Morgan fingerprint density at radius 1 is 1.37 bits per heavy atom. The van der Waals surface area contributed by atoms with Gasteiger partial charge in [0.1, 0.15) is 0 Å². The summed E-state index contributed by atoms with van der Waals surface area (Å²) in [5, 5.41) is 2.97. The fourth-order valence-electron chi connectivity index (χ4n) is 1.69. The molecule has 1 rings (SSSR count). The van der Waals surface area contributed by atoms with Gasteiger partial charge in [-0.3, -0.25) is 4.79 Å². The number of carbonyl (C=O) groups is 1. The minimum absolute atomic E-state index is 0.0244. The van der Waals surface area contributed by atoms with Crippen molar-refractivity contribution < 1.29 is 4.79 Å². The standard InChI is InChI=1S/C15H23ClN2O/c1-15(2,8-9-16)11-17-14(19)12-6-5-7-13(10-12)18(3)4/h5-7,10H,8-9,11H2,1-4H3,(H,17,19). The Morgan fingerprint density at radius 2 is 2.05 bits per heavy atom. The third kappa shape index (κ3) is 5.11. The van der Waals surface area contributed by atoms with Gasteiger partial charge in [0.25, 0.3) is 5.91 Å². The van der Waals surface area contributed by atoms with Crippen LogP contribution < -0.4 is 10.2 Å². The van der Waals surface area contributed by atoms with Crippen molar-refractivity contribution in [3.63, 3.8) is 0 Å². The summed E-state index contributed by atoms with van der Waals surface area (Å²) in [6.07, 6.45) is 0.882. The Balaban J connectivity index is 2.66. The number of nitrogens with zero attached hydrogens (tertiary/aromatic N) is 1. The highest BCUT2D eigenvalue weighted by Gasteiger charge is 2.18. The predicted molar refractivity (Wildman–Crippen MR) is 82.2 cm³/mol. The van der Waals surface area contributed by atoms with Crippen LogP contribution in [0.4, 0.5) is 5.69 Å². The number of rotatable bonds is 6. The van der Waals surface area contributed by atoms with Gasteiger partial charge in [-0.1, -0.05) is 19.9 Å². The highest BCUT2D eigenvalue weighted by atomic mass is 35.5. The lowest BCUT2D eigenvalue weighted by molar-refractivity contribution is 0.0936. The summed E-state index contributed by atoms with van der Waals surface area (Å²) in [6, 6.07) is 7.60. The first-order valence-electron chi connectivity index (χ1n) is 6.47. The molecule has 0 fully saturated rings. The Labute approximate surface area is 120 Å². The van der Waals surface area contributed by atoms with Crippen LogP contribution in [0.1, 0.15) is 30.6 Å². The summed E-state index contributed by atoms with van der Waals surface area (Å²) in [6.45, 7) is 4.84. The number of carbonyl (C=O) groups excluding carboxylic acids is 1. The first kappa shape index (κ1) is 15.8. The van der Waals surface area contributed by atoms with E-state index in [1.54, 1.807) is 0 Å². The van der Waals surface area contributed by atoms with Crippen LogP contribution in [0.3, 0.4) is 0 Å². The number of amides is 1. The van der Waals surface area contributed by atoms with Gasteiger partial charge in [0, 0.05) is 37.8 Å². The molecule has 0 aliphatic heterocycles. The van der Waals surface area contributed by atoms with Gasteiger partial charge in [-0.05, 0) is 30.0 Å². The molecule has 0 heterocycles. The minimum atomic E-state index is -0.0358. The van der Waals surface area contributed by atoms with Gasteiger partial charge < -0.3 is 10.2 Å². The molecule has 0 saturated carbocycles. The van der Waals surface area contributed by atoms with Crippen molar-refractivity contribution in [2.24, 2.45) is 5.41 Å². The summed E-state index contributed by atoms with van der Waals surface area (Å²) < 4.78 is 0. The Bertz CT molecular complexity index is 430. The van der Waals surface area contributed by atoms with Crippen molar-refractivity contribution in [3.8, 4) is 0 Å². The van der Waals surface area contributed by atoms with E-state index in [4.69, 9.17) is 11.6 Å². The molecule has 0 aromatic heterocycles. The molecule has 0 radical (unpaired) electrons.